The molecule has 8 nitrogen and oxygen atoms in total. The molecule has 0 bridgehead atoms. The molecule has 4 heterocycles. The van der Waals surface area contributed by atoms with E-state index in [-0.39, 0.29) is 0 Å². The second-order valence-corrected chi connectivity index (χ2v) is 8.78. The van der Waals surface area contributed by atoms with Crippen molar-refractivity contribution in [2.24, 2.45) is 0 Å². The zero-order chi connectivity index (χ0) is 23.7. The van der Waals surface area contributed by atoms with E-state index in [0.717, 1.165) is 43.0 Å². The van der Waals surface area contributed by atoms with E-state index in [1.807, 2.05) is 36.5 Å². The van der Waals surface area contributed by atoms with E-state index in [9.17, 15) is 9.59 Å². The van der Waals surface area contributed by atoms with Gasteiger partial charge < -0.3 is 14.6 Å². The molecule has 5 rings (SSSR count). The van der Waals surface area contributed by atoms with E-state index < -0.39 is 11.8 Å². The number of fused-ring (bicyclic) bond motifs is 1. The number of hydrogen-bond acceptors (Lipinski definition) is 7. The third-order valence-corrected chi connectivity index (χ3v) is 6.40. The van der Waals surface area contributed by atoms with Crippen molar-refractivity contribution < 1.29 is 14.0 Å². The molecule has 2 aliphatic rings. The van der Waals surface area contributed by atoms with E-state index in [0.29, 0.717) is 28.6 Å². The molecule has 2 aromatic heterocycles. The average molecular weight is 458 g/mol. The molecule has 1 fully saturated rings. The summed E-state index contributed by atoms with van der Waals surface area (Å²) >= 11 is 0. The number of nitrogens with one attached hydrogen (secondary N) is 2. The number of furan rings is 1. The van der Waals surface area contributed by atoms with Crippen LogP contribution in [0.3, 0.4) is 0 Å². The van der Waals surface area contributed by atoms with Crippen molar-refractivity contribution in [3.8, 4) is 11.1 Å². The van der Waals surface area contributed by atoms with Crippen molar-refractivity contribution in [3.63, 3.8) is 0 Å². The predicted molar refractivity (Wildman–Crippen MR) is 131 cm³/mol. The van der Waals surface area contributed by atoms with Gasteiger partial charge in [-0.05, 0) is 49.7 Å². The van der Waals surface area contributed by atoms with Gasteiger partial charge in [0.05, 0.1) is 30.0 Å². The van der Waals surface area contributed by atoms with Crippen LogP contribution in [0.5, 0.6) is 0 Å². The van der Waals surface area contributed by atoms with Crippen LogP contribution in [0.15, 0.2) is 65.7 Å². The first-order chi connectivity index (χ1) is 16.5. The topological polar surface area (TPSA) is 90.7 Å². The summed E-state index contributed by atoms with van der Waals surface area (Å²) in [7, 11) is 0. The highest BCUT2D eigenvalue weighted by atomic mass is 16.3. The van der Waals surface area contributed by atoms with Crippen molar-refractivity contribution in [1.29, 1.82) is 0 Å². The maximum Gasteiger partial charge on any atom is 0.260 e. The maximum absolute atomic E-state index is 12.6. The van der Waals surface area contributed by atoms with Crippen LogP contribution in [0.25, 0.3) is 16.7 Å². The first-order valence-electron chi connectivity index (χ1n) is 11.4. The minimum absolute atomic E-state index is 0.371. The number of hydrogen-bond donors (Lipinski definition) is 2. The molecular formula is C26H27N5O3. The van der Waals surface area contributed by atoms with Crippen LogP contribution in [0.2, 0.25) is 0 Å². The lowest BCUT2D eigenvalue weighted by Crippen LogP contribution is -2.48. The number of benzene rings is 1. The molecule has 2 aliphatic heterocycles. The van der Waals surface area contributed by atoms with Gasteiger partial charge in [-0.15, -0.1) is 0 Å². The van der Waals surface area contributed by atoms with Gasteiger partial charge in [0.2, 0.25) is 0 Å². The molecule has 0 unspecified atom stereocenters. The molecular weight excluding hydrogens is 430 g/mol. The molecule has 8 heteroatoms. The number of piperazine rings is 1. The molecule has 1 saturated heterocycles. The number of imide groups is 1. The molecule has 0 atom stereocenters. The predicted octanol–water partition coefficient (Wildman–Crippen LogP) is 3.60. The second kappa shape index (κ2) is 9.15. The highest BCUT2D eigenvalue weighted by Gasteiger charge is 2.27. The molecule has 174 valence electrons. The number of aromatic nitrogens is 1. The second-order valence-electron chi connectivity index (χ2n) is 8.78. The highest BCUT2D eigenvalue weighted by molar-refractivity contribution is 6.31. The Kier molecular flexibility index (Phi) is 5.90. The quantitative estimate of drug-likeness (QED) is 0.447. The van der Waals surface area contributed by atoms with Crippen LogP contribution in [0.1, 0.15) is 29.8 Å². The third-order valence-electron chi connectivity index (χ3n) is 6.40. The first kappa shape index (κ1) is 21.9. The first-order valence-corrected chi connectivity index (χ1v) is 11.4. The van der Waals surface area contributed by atoms with Crippen molar-refractivity contribution in [2.45, 2.75) is 19.9 Å². The average Bonchev–Trinajstić information content (AvgIpc) is 3.39. The van der Waals surface area contributed by atoms with Crippen LogP contribution in [-0.4, -0.2) is 53.9 Å². The van der Waals surface area contributed by atoms with Gasteiger partial charge in [0.15, 0.2) is 0 Å². The van der Waals surface area contributed by atoms with Crippen LogP contribution < -0.4 is 15.5 Å². The number of nitrogens with zero attached hydrogens (tertiary/aromatic N) is 3. The fourth-order valence-electron chi connectivity index (χ4n) is 4.38. The Labute approximate surface area is 198 Å². The number of amides is 2. The lowest BCUT2D eigenvalue weighted by molar-refractivity contribution is -0.114. The number of pyridine rings is 1. The van der Waals surface area contributed by atoms with Crippen molar-refractivity contribution in [3.05, 3.63) is 72.4 Å². The third kappa shape index (κ3) is 4.32. The number of anilines is 2. The van der Waals surface area contributed by atoms with E-state index in [4.69, 9.17) is 4.42 Å². The molecule has 0 aliphatic carbocycles. The minimum atomic E-state index is -0.450. The Morgan fingerprint density at radius 2 is 1.82 bits per heavy atom. The zero-order valence-electron chi connectivity index (χ0n) is 19.2. The van der Waals surface area contributed by atoms with Crippen LogP contribution in [-0.2, 0) is 4.79 Å². The molecule has 0 radical (unpaired) electrons. The standard InChI is InChI=1S/C26H27N5O3/c1-17(2)30-8-10-31(11-9-30)20-4-6-24(27-14-20)28-15-23-22-13-18(19-7-12-34-16-19)3-5-21(22)25(32)29-26(23)33/h3-7,12-17H,8-11H2,1-2H3,(H,27,28)(H,29,32,33)/b23-15-. The van der Waals surface area contributed by atoms with Crippen LogP contribution >= 0.6 is 0 Å². The Balaban J connectivity index is 1.34. The monoisotopic (exact) mass is 457 g/mol. The van der Waals surface area contributed by atoms with Gasteiger partial charge in [-0.3, -0.25) is 19.8 Å². The molecule has 3 aromatic rings. The van der Waals surface area contributed by atoms with Crippen molar-refractivity contribution in [2.75, 3.05) is 36.4 Å². The fourth-order valence-corrected chi connectivity index (χ4v) is 4.38. The Bertz CT molecular complexity index is 1220. The molecule has 1 aromatic carbocycles. The lowest BCUT2D eigenvalue weighted by Gasteiger charge is -2.38. The summed E-state index contributed by atoms with van der Waals surface area (Å²) in [5.74, 6) is -0.237. The fraction of sp³-hybridized carbons (Fsp3) is 0.269. The normalized spacial score (nSPS) is 17.7. The van der Waals surface area contributed by atoms with Crippen molar-refractivity contribution in [1.82, 2.24) is 15.2 Å². The zero-order valence-corrected chi connectivity index (χ0v) is 19.2. The maximum atomic E-state index is 12.6. The summed E-state index contributed by atoms with van der Waals surface area (Å²) in [6.45, 7) is 8.48. The van der Waals surface area contributed by atoms with Gasteiger partial charge in [-0.1, -0.05) is 6.07 Å². The summed E-state index contributed by atoms with van der Waals surface area (Å²) in [5, 5.41) is 5.52. The molecule has 2 N–H and O–H groups in total. The van der Waals surface area contributed by atoms with E-state index >= 15 is 0 Å². The molecule has 34 heavy (non-hydrogen) atoms. The Hall–Kier alpha value is -3.91. The summed E-state index contributed by atoms with van der Waals surface area (Å²) in [4.78, 5) is 34.3. The SMILES string of the molecule is CC(C)N1CCN(c2ccc(N/C=C3\C(=O)NC(=O)c4ccc(-c5ccoc5)cc43)nc2)CC1. The van der Waals surface area contributed by atoms with Gasteiger partial charge >= 0.3 is 0 Å². The molecule has 2 amide bonds. The smallest absolute Gasteiger partial charge is 0.260 e. The largest absolute Gasteiger partial charge is 0.472 e. The van der Waals surface area contributed by atoms with E-state index in [1.165, 1.54) is 0 Å². The van der Waals surface area contributed by atoms with Gasteiger partial charge in [0.1, 0.15) is 5.82 Å². The van der Waals surface area contributed by atoms with Gasteiger partial charge in [-0.2, -0.15) is 0 Å². The van der Waals surface area contributed by atoms with Crippen molar-refractivity contribution >= 4 is 28.9 Å². The number of carbonyl (C=O) groups is 2. The highest BCUT2D eigenvalue weighted by Crippen LogP contribution is 2.30. The van der Waals surface area contributed by atoms with Gasteiger partial charge in [0, 0.05) is 55.1 Å². The number of carbonyl (C=O) groups excluding carboxylic acids is 2. The Morgan fingerprint density at radius 3 is 2.50 bits per heavy atom. The minimum Gasteiger partial charge on any atom is -0.472 e. The van der Waals surface area contributed by atoms with Gasteiger partial charge in [0.25, 0.3) is 11.8 Å². The summed E-state index contributed by atoms with van der Waals surface area (Å²) < 4.78 is 5.17. The molecule has 0 saturated carbocycles. The summed E-state index contributed by atoms with van der Waals surface area (Å²) in [6, 6.07) is 11.7. The number of rotatable bonds is 5. The summed E-state index contributed by atoms with van der Waals surface area (Å²) in [5.41, 5.74) is 4.21. The molecule has 0 spiro atoms. The van der Waals surface area contributed by atoms with Crippen LogP contribution in [0.4, 0.5) is 11.5 Å². The van der Waals surface area contributed by atoms with Gasteiger partial charge in [-0.25, -0.2) is 4.98 Å². The van der Waals surface area contributed by atoms with E-state index in [1.54, 1.807) is 24.8 Å². The van der Waals surface area contributed by atoms with E-state index in [2.05, 4.69) is 39.3 Å². The van der Waals surface area contributed by atoms with Crippen LogP contribution in [0, 0.1) is 0 Å². The Morgan fingerprint density at radius 1 is 1.00 bits per heavy atom. The lowest BCUT2D eigenvalue weighted by atomic mass is 9.92. The summed E-state index contributed by atoms with van der Waals surface area (Å²) in [6.07, 6.45) is 6.66.